The summed E-state index contributed by atoms with van der Waals surface area (Å²) in [6, 6.07) is 1.73. The molecule has 0 bridgehead atoms. The van der Waals surface area contributed by atoms with E-state index in [9.17, 15) is 31.2 Å². The van der Waals surface area contributed by atoms with Crippen molar-refractivity contribution in [3.63, 3.8) is 0 Å². The molecule has 0 fully saturated rings. The monoisotopic (exact) mass is 369 g/mol. The number of carbonyl (C=O) groups is 2. The van der Waals surface area contributed by atoms with Gasteiger partial charge >= 0.3 is 27.7 Å². The molecule has 0 saturated carbocycles. The molecule has 1 aliphatic rings. The Labute approximate surface area is 133 Å². The molecule has 1 aromatic rings. The van der Waals surface area contributed by atoms with E-state index >= 15 is 0 Å². The van der Waals surface area contributed by atoms with E-state index in [0.717, 1.165) is 12.1 Å². The molecule has 24 heavy (non-hydrogen) atoms. The number of halogens is 3. The largest absolute Gasteiger partial charge is 0.534 e. The molecule has 1 aromatic carbocycles. The molecule has 0 unspecified atom stereocenters. The standard InChI is InChI=1S/C12H10F3NO7S/c13-12(14,15)24(21,22)23-8-2-1-6-4-9(10(17)18)16(11(19)20)5-7(6)3-8/h1-3,9H,4-5H2,(H,17,18)(H,19,20)/t9-/m0/s1. The van der Waals surface area contributed by atoms with Crippen LogP contribution in [0.25, 0.3) is 0 Å². The normalized spacial score (nSPS) is 18.0. The third-order valence-corrected chi connectivity index (χ3v) is 4.31. The first-order chi connectivity index (χ1) is 10.9. The smallest absolute Gasteiger partial charge is 0.480 e. The van der Waals surface area contributed by atoms with Crippen molar-refractivity contribution < 1.29 is 45.6 Å². The number of hydrogen-bond acceptors (Lipinski definition) is 5. The first kappa shape index (κ1) is 17.8. The van der Waals surface area contributed by atoms with Gasteiger partial charge in [0.2, 0.25) is 0 Å². The quantitative estimate of drug-likeness (QED) is 0.610. The highest BCUT2D eigenvalue weighted by molar-refractivity contribution is 7.88. The van der Waals surface area contributed by atoms with Gasteiger partial charge in [0.25, 0.3) is 0 Å². The molecule has 1 heterocycles. The van der Waals surface area contributed by atoms with Gasteiger partial charge in [0.1, 0.15) is 11.8 Å². The number of benzene rings is 1. The van der Waals surface area contributed by atoms with Crippen LogP contribution in [0, 0.1) is 0 Å². The molecule has 1 atom stereocenters. The number of alkyl halides is 3. The SMILES string of the molecule is O=C(O)[C@@H]1Cc2ccc(OS(=O)(=O)C(F)(F)F)cc2CN1C(=O)O. The lowest BCUT2D eigenvalue weighted by molar-refractivity contribution is -0.143. The van der Waals surface area contributed by atoms with E-state index in [1.54, 1.807) is 0 Å². The number of aliphatic carboxylic acids is 1. The average Bonchev–Trinajstić information content (AvgIpc) is 2.43. The topological polar surface area (TPSA) is 121 Å². The maximum atomic E-state index is 12.3. The second kappa shape index (κ2) is 5.85. The fourth-order valence-corrected chi connectivity index (χ4v) is 2.66. The minimum Gasteiger partial charge on any atom is -0.480 e. The van der Waals surface area contributed by atoms with Crippen molar-refractivity contribution in [3.05, 3.63) is 29.3 Å². The lowest BCUT2D eigenvalue weighted by Crippen LogP contribution is -2.48. The van der Waals surface area contributed by atoms with E-state index in [0.29, 0.717) is 10.5 Å². The molecule has 1 aliphatic heterocycles. The fraction of sp³-hybridized carbons (Fsp3) is 0.333. The summed E-state index contributed by atoms with van der Waals surface area (Å²) in [5, 5.41) is 18.1. The molecule has 0 aliphatic carbocycles. The van der Waals surface area contributed by atoms with E-state index in [2.05, 4.69) is 4.18 Å². The Bertz CT molecular complexity index is 790. The number of hydrogen-bond donors (Lipinski definition) is 2. The average molecular weight is 369 g/mol. The lowest BCUT2D eigenvalue weighted by atomic mass is 9.94. The number of nitrogens with zero attached hydrogens (tertiary/aromatic N) is 1. The third-order valence-electron chi connectivity index (χ3n) is 3.33. The van der Waals surface area contributed by atoms with Gasteiger partial charge in [-0.25, -0.2) is 9.59 Å². The zero-order valence-corrected chi connectivity index (χ0v) is 12.5. The number of fused-ring (bicyclic) bond motifs is 1. The van der Waals surface area contributed by atoms with Gasteiger partial charge in [0.05, 0.1) is 6.54 Å². The summed E-state index contributed by atoms with van der Waals surface area (Å²) >= 11 is 0. The van der Waals surface area contributed by atoms with Crippen LogP contribution in [0.15, 0.2) is 18.2 Å². The van der Waals surface area contributed by atoms with E-state index in [1.165, 1.54) is 6.07 Å². The van der Waals surface area contributed by atoms with Gasteiger partial charge in [-0.1, -0.05) is 6.07 Å². The van der Waals surface area contributed by atoms with Crippen molar-refractivity contribution in [2.75, 3.05) is 0 Å². The Morgan fingerprint density at radius 1 is 1.21 bits per heavy atom. The number of carboxylic acid groups (broad SMARTS) is 2. The van der Waals surface area contributed by atoms with Crippen molar-refractivity contribution in [1.82, 2.24) is 4.90 Å². The third kappa shape index (κ3) is 3.37. The zero-order chi connectivity index (χ0) is 18.3. The van der Waals surface area contributed by atoms with Crippen LogP contribution in [-0.4, -0.2) is 47.1 Å². The van der Waals surface area contributed by atoms with E-state index < -0.39 is 46.0 Å². The molecular formula is C12H10F3NO7S. The summed E-state index contributed by atoms with van der Waals surface area (Å²) < 4.78 is 62.8. The summed E-state index contributed by atoms with van der Waals surface area (Å²) in [5.41, 5.74) is -5.08. The predicted molar refractivity (Wildman–Crippen MR) is 70.7 cm³/mol. The van der Waals surface area contributed by atoms with Crippen molar-refractivity contribution in [2.45, 2.75) is 24.5 Å². The number of carboxylic acids is 1. The Hall–Kier alpha value is -2.50. The minimum atomic E-state index is -5.86. The van der Waals surface area contributed by atoms with E-state index in [1.807, 2.05) is 0 Å². The van der Waals surface area contributed by atoms with Crippen molar-refractivity contribution in [2.24, 2.45) is 0 Å². The highest BCUT2D eigenvalue weighted by Gasteiger charge is 2.48. The molecule has 8 nitrogen and oxygen atoms in total. The molecule has 2 N–H and O–H groups in total. The molecule has 1 amide bonds. The molecule has 2 rings (SSSR count). The van der Waals surface area contributed by atoms with Gasteiger partial charge in [-0.05, 0) is 23.3 Å². The van der Waals surface area contributed by atoms with Gasteiger partial charge in [-0.3, -0.25) is 4.90 Å². The second-order valence-corrected chi connectivity index (χ2v) is 6.42. The van der Waals surface area contributed by atoms with Gasteiger partial charge in [0.15, 0.2) is 0 Å². The fourth-order valence-electron chi connectivity index (χ4n) is 2.21. The molecule has 12 heteroatoms. The van der Waals surface area contributed by atoms with Crippen molar-refractivity contribution >= 4 is 22.2 Å². The Balaban J connectivity index is 2.34. The van der Waals surface area contributed by atoms with Crippen LogP contribution < -0.4 is 4.18 Å². The maximum absolute atomic E-state index is 12.3. The summed E-state index contributed by atoms with van der Waals surface area (Å²) in [6.07, 6.45) is -1.73. The van der Waals surface area contributed by atoms with Crippen molar-refractivity contribution in [3.8, 4) is 5.75 Å². The van der Waals surface area contributed by atoms with Crippen LogP contribution in [0.1, 0.15) is 11.1 Å². The number of rotatable bonds is 3. The highest BCUT2D eigenvalue weighted by atomic mass is 32.2. The first-order valence-corrected chi connectivity index (χ1v) is 7.68. The van der Waals surface area contributed by atoms with Crippen LogP contribution >= 0.6 is 0 Å². The van der Waals surface area contributed by atoms with Gasteiger partial charge in [-0.2, -0.15) is 21.6 Å². The minimum absolute atomic E-state index is 0.157. The van der Waals surface area contributed by atoms with Crippen LogP contribution in [0.4, 0.5) is 18.0 Å². The van der Waals surface area contributed by atoms with Crippen LogP contribution in [-0.2, 0) is 27.9 Å². The Morgan fingerprint density at radius 2 is 1.83 bits per heavy atom. The second-order valence-electron chi connectivity index (χ2n) is 4.88. The van der Waals surface area contributed by atoms with E-state index in [4.69, 9.17) is 10.2 Å². The molecular weight excluding hydrogens is 359 g/mol. The first-order valence-electron chi connectivity index (χ1n) is 6.27. The highest BCUT2D eigenvalue weighted by Crippen LogP contribution is 2.31. The summed E-state index contributed by atoms with van der Waals surface area (Å²) in [6.45, 7) is -0.426. The predicted octanol–water partition coefficient (Wildman–Crippen LogP) is 1.40. The molecule has 0 spiro atoms. The lowest BCUT2D eigenvalue weighted by Gasteiger charge is -2.32. The van der Waals surface area contributed by atoms with E-state index in [-0.39, 0.29) is 12.0 Å². The summed E-state index contributed by atoms with van der Waals surface area (Å²) in [7, 11) is -5.86. The van der Waals surface area contributed by atoms with Crippen LogP contribution in [0.5, 0.6) is 5.75 Å². The van der Waals surface area contributed by atoms with Crippen molar-refractivity contribution in [1.29, 1.82) is 0 Å². The summed E-state index contributed by atoms with van der Waals surface area (Å²) in [5.74, 6) is -2.02. The van der Waals surface area contributed by atoms with Crippen LogP contribution in [0.2, 0.25) is 0 Å². The molecule has 0 radical (unpaired) electrons. The summed E-state index contributed by atoms with van der Waals surface area (Å²) in [4.78, 5) is 22.8. The zero-order valence-electron chi connectivity index (χ0n) is 11.6. The molecule has 0 aromatic heterocycles. The van der Waals surface area contributed by atoms with Gasteiger partial charge in [-0.15, -0.1) is 0 Å². The molecule has 132 valence electrons. The molecule has 0 saturated heterocycles. The Kier molecular flexibility index (Phi) is 4.35. The maximum Gasteiger partial charge on any atom is 0.534 e. The van der Waals surface area contributed by atoms with Gasteiger partial charge < -0.3 is 14.4 Å². The van der Waals surface area contributed by atoms with Crippen LogP contribution in [0.3, 0.4) is 0 Å². The Morgan fingerprint density at radius 3 is 2.33 bits per heavy atom. The number of amides is 1. The van der Waals surface area contributed by atoms with Gasteiger partial charge in [0, 0.05) is 6.42 Å².